The number of ether oxygens (including phenoxy) is 1. The van der Waals surface area contributed by atoms with Crippen LogP contribution in [0.4, 0.5) is 8.78 Å². The van der Waals surface area contributed by atoms with E-state index in [0.29, 0.717) is 5.56 Å². The normalized spacial score (nSPS) is 10.3. The molecule has 3 nitrogen and oxygen atoms in total. The summed E-state index contributed by atoms with van der Waals surface area (Å²) in [5.74, 6) is -0.830. The fourth-order valence-corrected chi connectivity index (χ4v) is 1.11. The number of para-hydroxylation sites is 1. The molecule has 0 heterocycles. The van der Waals surface area contributed by atoms with E-state index in [2.05, 4.69) is 0 Å². The van der Waals surface area contributed by atoms with Gasteiger partial charge in [0.1, 0.15) is 12.4 Å². The van der Waals surface area contributed by atoms with Crippen molar-refractivity contribution in [1.82, 2.24) is 0 Å². The third-order valence-electron chi connectivity index (χ3n) is 1.68. The highest BCUT2D eigenvalue weighted by Crippen LogP contribution is 2.19. The maximum absolute atomic E-state index is 11.9. The molecule has 0 spiro atoms. The molecule has 0 aliphatic carbocycles. The van der Waals surface area contributed by atoms with Crippen molar-refractivity contribution in [2.75, 3.05) is 6.61 Å². The van der Waals surface area contributed by atoms with Gasteiger partial charge in [-0.15, -0.1) is 0 Å². The molecule has 0 amide bonds. The zero-order chi connectivity index (χ0) is 11.3. The molecule has 15 heavy (non-hydrogen) atoms. The van der Waals surface area contributed by atoms with Crippen LogP contribution in [0.25, 0.3) is 0 Å². The standard InChI is InChI=1S/C10H10F2O3/c11-9(12)6-15-8-4-2-1-3-7(8)5-10(13)14/h1-4,9H,5-6H2,(H,13,14). The Bertz CT molecular complexity index is 339. The number of carboxylic acids is 1. The minimum absolute atomic E-state index is 0.195. The van der Waals surface area contributed by atoms with Gasteiger partial charge >= 0.3 is 5.97 Å². The second kappa shape index (κ2) is 5.29. The summed E-state index contributed by atoms with van der Waals surface area (Å²) in [7, 11) is 0. The van der Waals surface area contributed by atoms with E-state index in [0.717, 1.165) is 0 Å². The first-order valence-electron chi connectivity index (χ1n) is 4.30. The average Bonchev–Trinajstić information content (AvgIpc) is 2.15. The molecule has 0 fully saturated rings. The Hall–Kier alpha value is -1.65. The van der Waals surface area contributed by atoms with E-state index in [-0.39, 0.29) is 12.2 Å². The van der Waals surface area contributed by atoms with Gasteiger partial charge in [0.05, 0.1) is 6.42 Å². The van der Waals surface area contributed by atoms with Gasteiger partial charge in [0.15, 0.2) is 0 Å². The highest BCUT2D eigenvalue weighted by Gasteiger charge is 2.09. The van der Waals surface area contributed by atoms with E-state index in [1.165, 1.54) is 12.1 Å². The van der Waals surface area contributed by atoms with Crippen LogP contribution in [0.3, 0.4) is 0 Å². The number of benzene rings is 1. The summed E-state index contributed by atoms with van der Waals surface area (Å²) in [6, 6.07) is 6.25. The van der Waals surface area contributed by atoms with Crippen LogP contribution in [0.15, 0.2) is 24.3 Å². The van der Waals surface area contributed by atoms with Crippen LogP contribution < -0.4 is 4.74 Å². The van der Waals surface area contributed by atoms with E-state index in [1.807, 2.05) is 0 Å². The Morgan fingerprint density at radius 1 is 1.40 bits per heavy atom. The topological polar surface area (TPSA) is 46.5 Å². The van der Waals surface area contributed by atoms with E-state index in [9.17, 15) is 13.6 Å². The van der Waals surface area contributed by atoms with Gasteiger partial charge in [-0.2, -0.15) is 0 Å². The third-order valence-corrected chi connectivity index (χ3v) is 1.68. The molecule has 0 saturated heterocycles. The molecule has 0 radical (unpaired) electrons. The minimum Gasteiger partial charge on any atom is -0.487 e. The molecule has 0 unspecified atom stereocenters. The lowest BCUT2D eigenvalue weighted by atomic mass is 10.1. The number of halogens is 2. The van der Waals surface area contributed by atoms with Gasteiger partial charge in [-0.05, 0) is 6.07 Å². The predicted octanol–water partition coefficient (Wildman–Crippen LogP) is 1.96. The Balaban J connectivity index is 2.72. The Morgan fingerprint density at radius 3 is 2.67 bits per heavy atom. The first-order chi connectivity index (χ1) is 7.09. The molecule has 0 atom stereocenters. The smallest absolute Gasteiger partial charge is 0.307 e. The number of hydrogen-bond acceptors (Lipinski definition) is 2. The third kappa shape index (κ3) is 3.93. The quantitative estimate of drug-likeness (QED) is 0.818. The monoisotopic (exact) mass is 216 g/mol. The molecule has 82 valence electrons. The minimum atomic E-state index is -2.57. The van der Waals surface area contributed by atoms with Crippen molar-refractivity contribution < 1.29 is 23.4 Å². The van der Waals surface area contributed by atoms with E-state index >= 15 is 0 Å². The second-order valence-electron chi connectivity index (χ2n) is 2.88. The van der Waals surface area contributed by atoms with E-state index in [4.69, 9.17) is 9.84 Å². The molecule has 0 aliphatic heterocycles. The van der Waals surface area contributed by atoms with E-state index in [1.54, 1.807) is 12.1 Å². The van der Waals surface area contributed by atoms with Crippen LogP contribution >= 0.6 is 0 Å². The summed E-state index contributed by atoms with van der Waals surface area (Å²) >= 11 is 0. The molecule has 1 N–H and O–H groups in total. The van der Waals surface area contributed by atoms with Gasteiger partial charge in [-0.25, -0.2) is 8.78 Å². The molecule has 0 aliphatic rings. The predicted molar refractivity (Wildman–Crippen MR) is 49.3 cm³/mol. The van der Waals surface area contributed by atoms with Gasteiger partial charge in [0.25, 0.3) is 6.43 Å². The van der Waals surface area contributed by atoms with Crippen LogP contribution in [0.2, 0.25) is 0 Å². The first-order valence-corrected chi connectivity index (χ1v) is 4.30. The molecular weight excluding hydrogens is 206 g/mol. The molecule has 0 saturated carbocycles. The van der Waals surface area contributed by atoms with Gasteiger partial charge in [0, 0.05) is 5.56 Å². The van der Waals surface area contributed by atoms with Crippen molar-refractivity contribution in [2.45, 2.75) is 12.8 Å². The SMILES string of the molecule is O=C(O)Cc1ccccc1OCC(F)F. The van der Waals surface area contributed by atoms with Crippen LogP contribution in [0.5, 0.6) is 5.75 Å². The van der Waals surface area contributed by atoms with Gasteiger partial charge in [-0.1, -0.05) is 18.2 Å². The number of aliphatic carboxylic acids is 1. The summed E-state index contributed by atoms with van der Waals surface area (Å²) in [6.07, 6.45) is -2.80. The molecular formula is C10H10F2O3. The molecule has 0 bridgehead atoms. The number of alkyl halides is 2. The summed E-state index contributed by atoms with van der Waals surface area (Å²) in [5.41, 5.74) is 0.394. The molecule has 1 aromatic carbocycles. The van der Waals surface area contributed by atoms with Crippen molar-refractivity contribution in [3.8, 4) is 5.75 Å². The van der Waals surface area contributed by atoms with Gasteiger partial charge < -0.3 is 9.84 Å². The molecule has 0 aromatic heterocycles. The summed E-state index contributed by atoms with van der Waals surface area (Å²) in [6.45, 7) is -0.726. The number of carbonyl (C=O) groups is 1. The van der Waals surface area contributed by atoms with Crippen molar-refractivity contribution in [3.63, 3.8) is 0 Å². The number of rotatable bonds is 5. The highest BCUT2D eigenvalue weighted by atomic mass is 19.3. The van der Waals surface area contributed by atoms with Crippen LogP contribution in [0.1, 0.15) is 5.56 Å². The van der Waals surface area contributed by atoms with Crippen molar-refractivity contribution in [1.29, 1.82) is 0 Å². The maximum atomic E-state index is 11.9. The van der Waals surface area contributed by atoms with Crippen molar-refractivity contribution in [3.05, 3.63) is 29.8 Å². The second-order valence-corrected chi connectivity index (χ2v) is 2.88. The zero-order valence-electron chi connectivity index (χ0n) is 7.82. The maximum Gasteiger partial charge on any atom is 0.307 e. The highest BCUT2D eigenvalue weighted by molar-refractivity contribution is 5.71. The van der Waals surface area contributed by atoms with E-state index < -0.39 is 19.0 Å². The van der Waals surface area contributed by atoms with Crippen molar-refractivity contribution >= 4 is 5.97 Å². The average molecular weight is 216 g/mol. The summed E-state index contributed by atoms with van der Waals surface area (Å²) < 4.78 is 28.5. The van der Waals surface area contributed by atoms with Crippen LogP contribution in [-0.4, -0.2) is 24.1 Å². The first kappa shape index (κ1) is 11.4. The number of hydrogen-bond donors (Lipinski definition) is 1. The summed E-state index contributed by atoms with van der Waals surface area (Å²) in [5, 5.41) is 8.57. The number of carboxylic acid groups (broad SMARTS) is 1. The van der Waals surface area contributed by atoms with Crippen molar-refractivity contribution in [2.24, 2.45) is 0 Å². The Kier molecular flexibility index (Phi) is 4.03. The summed E-state index contributed by atoms with van der Waals surface area (Å²) in [4.78, 5) is 10.5. The van der Waals surface area contributed by atoms with Crippen LogP contribution in [-0.2, 0) is 11.2 Å². The molecule has 1 aromatic rings. The Labute approximate surface area is 85.3 Å². The fraction of sp³-hybridized carbons (Fsp3) is 0.300. The van der Waals surface area contributed by atoms with Gasteiger partial charge in [0.2, 0.25) is 0 Å². The fourth-order valence-electron chi connectivity index (χ4n) is 1.11. The molecule has 5 heteroatoms. The van der Waals surface area contributed by atoms with Gasteiger partial charge in [-0.3, -0.25) is 4.79 Å². The largest absolute Gasteiger partial charge is 0.487 e. The Morgan fingerprint density at radius 2 is 2.07 bits per heavy atom. The lowest BCUT2D eigenvalue weighted by Crippen LogP contribution is -2.09. The molecule has 1 rings (SSSR count). The van der Waals surface area contributed by atoms with Crippen LogP contribution in [0, 0.1) is 0 Å². The lowest BCUT2D eigenvalue weighted by molar-refractivity contribution is -0.136. The lowest BCUT2D eigenvalue weighted by Gasteiger charge is -2.09. The zero-order valence-corrected chi connectivity index (χ0v) is 7.82.